The Morgan fingerprint density at radius 3 is 2.37 bits per heavy atom. The SMILES string of the molecule is N#C/C(=C/c1cccc(I)c1)c1ccc(C#N)cc1. The molecular weight excluding hydrogens is 347 g/mol. The lowest BCUT2D eigenvalue weighted by Gasteiger charge is -2.00. The summed E-state index contributed by atoms with van der Waals surface area (Å²) in [5.41, 5.74) is 3.00. The first kappa shape index (κ1) is 13.3. The average Bonchev–Trinajstić information content (AvgIpc) is 2.45. The minimum Gasteiger partial charge on any atom is -0.192 e. The van der Waals surface area contributed by atoms with Crippen LogP contribution in [0.3, 0.4) is 0 Å². The van der Waals surface area contributed by atoms with Gasteiger partial charge in [-0.1, -0.05) is 24.3 Å². The maximum absolute atomic E-state index is 9.25. The van der Waals surface area contributed by atoms with E-state index in [1.165, 1.54) is 0 Å². The largest absolute Gasteiger partial charge is 0.192 e. The number of rotatable bonds is 2. The highest BCUT2D eigenvalue weighted by molar-refractivity contribution is 14.1. The quantitative estimate of drug-likeness (QED) is 0.459. The summed E-state index contributed by atoms with van der Waals surface area (Å²) < 4.78 is 1.13. The number of benzene rings is 2. The predicted molar refractivity (Wildman–Crippen MR) is 83.8 cm³/mol. The zero-order valence-electron chi connectivity index (χ0n) is 9.97. The Bertz CT molecular complexity index is 701. The molecule has 2 rings (SSSR count). The summed E-state index contributed by atoms with van der Waals surface area (Å²) in [7, 11) is 0. The summed E-state index contributed by atoms with van der Waals surface area (Å²) >= 11 is 2.24. The van der Waals surface area contributed by atoms with E-state index in [0.717, 1.165) is 14.7 Å². The molecule has 0 atom stereocenters. The van der Waals surface area contributed by atoms with Crippen LogP contribution in [-0.4, -0.2) is 0 Å². The highest BCUT2D eigenvalue weighted by Crippen LogP contribution is 2.19. The molecule has 0 amide bonds. The molecule has 0 radical (unpaired) electrons. The van der Waals surface area contributed by atoms with Crippen LogP contribution >= 0.6 is 22.6 Å². The fourth-order valence-electron chi connectivity index (χ4n) is 1.67. The number of hydrogen-bond donors (Lipinski definition) is 0. The fourth-order valence-corrected chi connectivity index (χ4v) is 2.23. The monoisotopic (exact) mass is 356 g/mol. The predicted octanol–water partition coefficient (Wildman–Crippen LogP) is 4.23. The molecule has 2 aromatic rings. The van der Waals surface area contributed by atoms with Gasteiger partial charge in [-0.3, -0.25) is 0 Å². The van der Waals surface area contributed by atoms with Gasteiger partial charge in [-0.25, -0.2) is 0 Å². The van der Waals surface area contributed by atoms with Crippen LogP contribution in [0.2, 0.25) is 0 Å². The van der Waals surface area contributed by atoms with E-state index in [-0.39, 0.29) is 0 Å². The summed E-state index contributed by atoms with van der Waals surface area (Å²) in [6, 6.07) is 19.2. The van der Waals surface area contributed by atoms with Crippen molar-refractivity contribution in [3.63, 3.8) is 0 Å². The number of hydrogen-bond acceptors (Lipinski definition) is 2. The minimum absolute atomic E-state index is 0.589. The Kier molecular flexibility index (Phi) is 4.33. The van der Waals surface area contributed by atoms with Crippen molar-refractivity contribution in [2.75, 3.05) is 0 Å². The maximum Gasteiger partial charge on any atom is 0.0998 e. The van der Waals surface area contributed by atoms with E-state index in [4.69, 9.17) is 5.26 Å². The van der Waals surface area contributed by atoms with Gasteiger partial charge in [0.25, 0.3) is 0 Å². The molecule has 3 heteroatoms. The van der Waals surface area contributed by atoms with Crippen LogP contribution < -0.4 is 0 Å². The molecule has 0 unspecified atom stereocenters. The number of halogens is 1. The van der Waals surface area contributed by atoms with E-state index >= 15 is 0 Å². The third-order valence-corrected chi connectivity index (χ3v) is 3.28. The first-order chi connectivity index (χ1) is 9.22. The highest BCUT2D eigenvalue weighted by atomic mass is 127. The van der Waals surface area contributed by atoms with Gasteiger partial charge in [-0.2, -0.15) is 10.5 Å². The molecule has 0 N–H and O–H groups in total. The van der Waals surface area contributed by atoms with Crippen molar-refractivity contribution in [2.24, 2.45) is 0 Å². The molecular formula is C16H9IN2. The lowest BCUT2D eigenvalue weighted by atomic mass is 10.0. The standard InChI is InChI=1S/C16H9IN2/c17-16-3-1-2-13(9-16)8-15(11-19)14-6-4-12(10-18)5-7-14/h1-9H/b15-8-. The zero-order valence-corrected chi connectivity index (χ0v) is 12.1. The first-order valence-electron chi connectivity index (χ1n) is 5.61. The van der Waals surface area contributed by atoms with E-state index in [1.54, 1.807) is 24.3 Å². The molecule has 19 heavy (non-hydrogen) atoms. The molecule has 0 fully saturated rings. The summed E-state index contributed by atoms with van der Waals surface area (Å²) in [6.07, 6.45) is 1.85. The van der Waals surface area contributed by atoms with E-state index in [1.807, 2.05) is 30.3 Å². The van der Waals surface area contributed by atoms with Gasteiger partial charge in [0, 0.05) is 3.57 Å². The van der Waals surface area contributed by atoms with Crippen molar-refractivity contribution in [3.05, 3.63) is 68.8 Å². The maximum atomic E-state index is 9.25. The fraction of sp³-hybridized carbons (Fsp3) is 0. The van der Waals surface area contributed by atoms with Crippen molar-refractivity contribution in [3.8, 4) is 12.1 Å². The lowest BCUT2D eigenvalue weighted by Crippen LogP contribution is -1.83. The van der Waals surface area contributed by atoms with Crippen LogP contribution in [0.4, 0.5) is 0 Å². The van der Waals surface area contributed by atoms with Gasteiger partial charge < -0.3 is 0 Å². The van der Waals surface area contributed by atoms with Crippen LogP contribution in [-0.2, 0) is 0 Å². The van der Waals surface area contributed by atoms with Crippen molar-refractivity contribution >= 4 is 34.2 Å². The van der Waals surface area contributed by atoms with Gasteiger partial charge in [0.2, 0.25) is 0 Å². The molecule has 0 aliphatic carbocycles. The van der Waals surface area contributed by atoms with E-state index in [2.05, 4.69) is 34.7 Å². The van der Waals surface area contributed by atoms with Gasteiger partial charge in [-0.05, 0) is 64.1 Å². The number of nitrogens with zero attached hydrogens (tertiary/aromatic N) is 2. The summed E-state index contributed by atoms with van der Waals surface area (Å²) in [5.74, 6) is 0. The third kappa shape index (κ3) is 3.43. The van der Waals surface area contributed by atoms with Crippen LogP contribution in [0, 0.1) is 26.2 Å². The Hall–Kier alpha value is -2.11. The summed E-state index contributed by atoms with van der Waals surface area (Å²) in [5, 5.41) is 18.0. The van der Waals surface area contributed by atoms with Gasteiger partial charge in [0.15, 0.2) is 0 Å². The summed E-state index contributed by atoms with van der Waals surface area (Å²) in [6.45, 7) is 0. The second-order valence-electron chi connectivity index (χ2n) is 3.91. The van der Waals surface area contributed by atoms with Crippen molar-refractivity contribution in [1.82, 2.24) is 0 Å². The molecule has 0 aliphatic heterocycles. The third-order valence-electron chi connectivity index (χ3n) is 2.61. The Balaban J connectivity index is 2.40. The second-order valence-corrected chi connectivity index (χ2v) is 5.16. The van der Waals surface area contributed by atoms with Crippen molar-refractivity contribution in [1.29, 1.82) is 10.5 Å². The minimum atomic E-state index is 0.589. The molecule has 0 aromatic heterocycles. The van der Waals surface area contributed by atoms with Crippen molar-refractivity contribution in [2.45, 2.75) is 0 Å². The van der Waals surface area contributed by atoms with E-state index in [0.29, 0.717) is 11.1 Å². The van der Waals surface area contributed by atoms with Crippen LogP contribution in [0.1, 0.15) is 16.7 Å². The molecule has 0 aliphatic rings. The van der Waals surface area contributed by atoms with E-state index in [9.17, 15) is 5.26 Å². The average molecular weight is 356 g/mol. The van der Waals surface area contributed by atoms with Gasteiger partial charge in [0.1, 0.15) is 0 Å². The lowest BCUT2D eigenvalue weighted by molar-refractivity contribution is 1.47. The van der Waals surface area contributed by atoms with Crippen LogP contribution in [0.25, 0.3) is 11.6 Å². The molecule has 2 aromatic carbocycles. The topological polar surface area (TPSA) is 47.6 Å². The van der Waals surface area contributed by atoms with Gasteiger partial charge >= 0.3 is 0 Å². The molecule has 2 nitrogen and oxygen atoms in total. The summed E-state index contributed by atoms with van der Waals surface area (Å²) in [4.78, 5) is 0. The molecule has 0 spiro atoms. The van der Waals surface area contributed by atoms with Crippen molar-refractivity contribution < 1.29 is 0 Å². The Labute approximate surface area is 125 Å². The molecule has 0 saturated carbocycles. The molecule has 0 bridgehead atoms. The highest BCUT2D eigenvalue weighted by Gasteiger charge is 2.01. The van der Waals surface area contributed by atoms with Gasteiger partial charge in [-0.15, -0.1) is 0 Å². The van der Waals surface area contributed by atoms with E-state index < -0.39 is 0 Å². The molecule has 90 valence electrons. The normalized spacial score (nSPS) is 10.6. The molecule has 0 heterocycles. The smallest absolute Gasteiger partial charge is 0.0998 e. The van der Waals surface area contributed by atoms with Crippen LogP contribution in [0.15, 0.2) is 48.5 Å². The Morgan fingerprint density at radius 2 is 1.79 bits per heavy atom. The van der Waals surface area contributed by atoms with Gasteiger partial charge in [0.05, 0.1) is 23.3 Å². The second kappa shape index (κ2) is 6.17. The van der Waals surface area contributed by atoms with Crippen LogP contribution in [0.5, 0.6) is 0 Å². The zero-order chi connectivity index (χ0) is 13.7. The number of allylic oxidation sites excluding steroid dienone is 1. The first-order valence-corrected chi connectivity index (χ1v) is 6.69. The molecule has 0 saturated heterocycles. The number of nitriles is 2. The Morgan fingerprint density at radius 1 is 1.05 bits per heavy atom.